The minimum absolute atomic E-state index is 0.641. The fraction of sp³-hybridized carbons (Fsp3) is 0. The third-order valence-electron chi connectivity index (χ3n) is 9.92. The van der Waals surface area contributed by atoms with Crippen molar-refractivity contribution < 1.29 is 0 Å². The first kappa shape index (κ1) is 28.2. The van der Waals surface area contributed by atoms with E-state index in [-0.39, 0.29) is 0 Å². The molecule has 7 aromatic carbocycles. The molecular weight excluding hydrogens is 643 g/mol. The van der Waals surface area contributed by atoms with Gasteiger partial charge in [0.2, 0.25) is 5.95 Å². The Morgan fingerprint density at radius 3 is 1.86 bits per heavy atom. The summed E-state index contributed by atoms with van der Waals surface area (Å²) in [6.45, 7) is 0. The summed E-state index contributed by atoms with van der Waals surface area (Å²) >= 11 is 1.83. The van der Waals surface area contributed by atoms with Gasteiger partial charge in [0.25, 0.3) is 0 Å². The van der Waals surface area contributed by atoms with Gasteiger partial charge in [-0.25, -0.2) is 15.0 Å². The second-order valence-electron chi connectivity index (χ2n) is 12.8. The number of hydrogen-bond donors (Lipinski definition) is 0. The van der Waals surface area contributed by atoms with E-state index in [1.165, 1.54) is 20.2 Å². The smallest absolute Gasteiger partial charge is 0.235 e. The summed E-state index contributed by atoms with van der Waals surface area (Å²) in [5.74, 6) is 1.55. The molecule has 6 heteroatoms. The maximum Gasteiger partial charge on any atom is 0.235 e. The molecule has 4 heterocycles. The van der Waals surface area contributed by atoms with Crippen molar-refractivity contribution in [2.45, 2.75) is 0 Å². The molecule has 238 valence electrons. The Bertz CT molecular complexity index is 3120. The first-order chi connectivity index (χ1) is 25.3. The van der Waals surface area contributed by atoms with Crippen LogP contribution in [0.5, 0.6) is 0 Å². The number of para-hydroxylation sites is 3. The van der Waals surface area contributed by atoms with Crippen LogP contribution >= 0.6 is 11.3 Å². The molecule has 0 atom stereocenters. The Morgan fingerprint density at radius 1 is 0.451 bits per heavy atom. The Kier molecular flexibility index (Phi) is 6.05. The van der Waals surface area contributed by atoms with Crippen LogP contribution in [-0.4, -0.2) is 24.1 Å². The van der Waals surface area contributed by atoms with Gasteiger partial charge < -0.3 is 0 Å². The lowest BCUT2D eigenvalue weighted by Crippen LogP contribution is -2.03. The summed E-state index contributed by atoms with van der Waals surface area (Å²) < 4.78 is 7.05. The van der Waals surface area contributed by atoms with E-state index in [1.54, 1.807) is 0 Å². The van der Waals surface area contributed by atoms with E-state index in [2.05, 4.69) is 167 Å². The molecule has 0 radical (unpaired) electrons. The van der Waals surface area contributed by atoms with E-state index in [4.69, 9.17) is 15.0 Å². The van der Waals surface area contributed by atoms with Crippen LogP contribution in [0.2, 0.25) is 0 Å². The van der Waals surface area contributed by atoms with Gasteiger partial charge in [0.05, 0.1) is 32.5 Å². The van der Waals surface area contributed by atoms with Gasteiger partial charge in [-0.05, 0) is 30.3 Å². The number of hydrogen-bond acceptors (Lipinski definition) is 4. The topological polar surface area (TPSA) is 48.5 Å². The molecule has 0 aliphatic heterocycles. The largest absolute Gasteiger partial charge is 0.292 e. The molecule has 0 spiro atoms. The lowest BCUT2D eigenvalue weighted by molar-refractivity contribution is 1.02. The van der Waals surface area contributed by atoms with E-state index >= 15 is 0 Å². The molecule has 0 N–H and O–H groups in total. The second kappa shape index (κ2) is 10.9. The molecule has 0 unspecified atom stereocenters. The second-order valence-corrected chi connectivity index (χ2v) is 13.9. The van der Waals surface area contributed by atoms with Crippen molar-refractivity contribution >= 4 is 75.3 Å². The predicted octanol–water partition coefficient (Wildman–Crippen LogP) is 11.8. The monoisotopic (exact) mass is 669 g/mol. The number of rotatable bonds is 4. The molecule has 11 aromatic rings. The van der Waals surface area contributed by atoms with Gasteiger partial charge in [0, 0.05) is 48.4 Å². The molecule has 0 amide bonds. The molecule has 0 aliphatic rings. The Labute approximate surface area is 296 Å². The average molecular weight is 670 g/mol. The third-order valence-corrected chi connectivity index (χ3v) is 11.1. The van der Waals surface area contributed by atoms with E-state index in [9.17, 15) is 0 Å². The molecule has 0 bridgehead atoms. The van der Waals surface area contributed by atoms with Crippen molar-refractivity contribution in [1.82, 2.24) is 24.1 Å². The summed E-state index contributed by atoms with van der Waals surface area (Å²) in [5, 5.41) is 5.64. The highest BCUT2D eigenvalue weighted by Crippen LogP contribution is 2.49. The summed E-state index contributed by atoms with van der Waals surface area (Å²) in [6, 6.07) is 57.3. The van der Waals surface area contributed by atoms with Crippen LogP contribution < -0.4 is 0 Å². The molecule has 0 saturated carbocycles. The number of benzene rings is 7. The van der Waals surface area contributed by atoms with Crippen molar-refractivity contribution in [1.29, 1.82) is 0 Å². The minimum atomic E-state index is 0.641. The highest BCUT2D eigenvalue weighted by atomic mass is 32.1. The normalized spacial score (nSPS) is 11.9. The van der Waals surface area contributed by atoms with Gasteiger partial charge in [-0.15, -0.1) is 11.3 Å². The average Bonchev–Trinajstić information content (AvgIpc) is 3.89. The predicted molar refractivity (Wildman–Crippen MR) is 212 cm³/mol. The van der Waals surface area contributed by atoms with Gasteiger partial charge in [-0.2, -0.15) is 0 Å². The van der Waals surface area contributed by atoms with Gasteiger partial charge in [-0.3, -0.25) is 9.13 Å². The van der Waals surface area contributed by atoms with Crippen LogP contribution in [0.3, 0.4) is 0 Å². The van der Waals surface area contributed by atoms with Crippen molar-refractivity contribution in [3.63, 3.8) is 0 Å². The fourth-order valence-corrected chi connectivity index (χ4v) is 9.01. The molecule has 51 heavy (non-hydrogen) atoms. The minimum Gasteiger partial charge on any atom is -0.292 e. The van der Waals surface area contributed by atoms with E-state index < -0.39 is 0 Å². The SMILES string of the molecule is c1ccc(-c2nc(-n3c4ccccc4c4c5nc(-c6ccccc6)n(-c6ccccc6)c5c5c6ccccc6sc5c43)nc3ccccc23)cc1. The van der Waals surface area contributed by atoms with Crippen LogP contribution in [-0.2, 0) is 0 Å². The zero-order valence-electron chi connectivity index (χ0n) is 27.2. The quantitative estimate of drug-likeness (QED) is 0.187. The molecule has 4 aromatic heterocycles. The lowest BCUT2D eigenvalue weighted by atomic mass is 10.1. The fourth-order valence-electron chi connectivity index (χ4n) is 7.76. The van der Waals surface area contributed by atoms with Crippen LogP contribution in [0.4, 0.5) is 0 Å². The van der Waals surface area contributed by atoms with E-state index in [1.807, 2.05) is 17.4 Å². The summed E-state index contributed by atoms with van der Waals surface area (Å²) in [7, 11) is 0. The first-order valence-electron chi connectivity index (χ1n) is 17.1. The van der Waals surface area contributed by atoms with Gasteiger partial charge in [0.1, 0.15) is 11.3 Å². The number of fused-ring (bicyclic) bond motifs is 11. The zero-order chi connectivity index (χ0) is 33.5. The summed E-state index contributed by atoms with van der Waals surface area (Å²) in [4.78, 5) is 16.3. The Hall–Kier alpha value is -6.63. The van der Waals surface area contributed by atoms with Crippen molar-refractivity contribution in [2.24, 2.45) is 0 Å². The highest BCUT2D eigenvalue weighted by Gasteiger charge is 2.28. The Morgan fingerprint density at radius 2 is 1.08 bits per heavy atom. The van der Waals surface area contributed by atoms with Crippen molar-refractivity contribution in [3.05, 3.63) is 164 Å². The first-order valence-corrected chi connectivity index (χ1v) is 17.9. The Balaban J connectivity index is 1.39. The van der Waals surface area contributed by atoms with Gasteiger partial charge >= 0.3 is 0 Å². The number of imidazole rings is 1. The van der Waals surface area contributed by atoms with Crippen LogP contribution in [0.25, 0.3) is 98.2 Å². The van der Waals surface area contributed by atoms with E-state index in [0.717, 1.165) is 72.1 Å². The van der Waals surface area contributed by atoms with Crippen molar-refractivity contribution in [3.8, 4) is 34.3 Å². The molecule has 0 aliphatic carbocycles. The lowest BCUT2D eigenvalue weighted by Gasteiger charge is -2.13. The molecular formula is C45H27N5S. The van der Waals surface area contributed by atoms with Gasteiger partial charge in [0.15, 0.2) is 0 Å². The van der Waals surface area contributed by atoms with E-state index in [0.29, 0.717) is 5.95 Å². The third kappa shape index (κ3) is 4.11. The molecule has 0 saturated heterocycles. The standard InChI is InChI=1S/C45H27N5S/c1-4-16-28(17-5-1)39-31-22-10-13-25-34(31)46-45(48-39)50-35-26-14-11-23-32(35)37-40-41(38-33-24-12-15-27-36(33)51-43(38)42(37)50)49(30-20-8-3-9-21-30)44(47-40)29-18-6-2-7-19-29/h1-27H. The maximum absolute atomic E-state index is 5.61. The number of thiophene rings is 1. The molecule has 11 rings (SSSR count). The van der Waals surface area contributed by atoms with Crippen LogP contribution in [0.15, 0.2) is 164 Å². The maximum atomic E-state index is 5.61. The summed E-state index contributed by atoms with van der Waals surface area (Å²) in [5.41, 5.74) is 9.19. The number of nitrogens with zero attached hydrogens (tertiary/aromatic N) is 5. The molecule has 5 nitrogen and oxygen atoms in total. The number of aromatic nitrogens is 5. The highest BCUT2D eigenvalue weighted by molar-refractivity contribution is 7.27. The van der Waals surface area contributed by atoms with Crippen LogP contribution in [0, 0.1) is 0 Å². The zero-order valence-corrected chi connectivity index (χ0v) is 28.0. The molecule has 0 fully saturated rings. The van der Waals surface area contributed by atoms with Crippen LogP contribution in [0.1, 0.15) is 0 Å². The van der Waals surface area contributed by atoms with Gasteiger partial charge in [-0.1, -0.05) is 133 Å². The summed E-state index contributed by atoms with van der Waals surface area (Å²) in [6.07, 6.45) is 0. The van der Waals surface area contributed by atoms with Crippen molar-refractivity contribution in [2.75, 3.05) is 0 Å².